The summed E-state index contributed by atoms with van der Waals surface area (Å²) in [4.78, 5) is 25.6. The van der Waals surface area contributed by atoms with Crippen molar-refractivity contribution < 1.29 is 19.1 Å². The highest BCUT2D eigenvalue weighted by Crippen LogP contribution is 2.28. The lowest BCUT2D eigenvalue weighted by atomic mass is 9.87. The summed E-state index contributed by atoms with van der Waals surface area (Å²) in [5, 5.41) is 8.66. The minimum Gasteiger partial charge on any atom is -0.467 e. The Morgan fingerprint density at radius 3 is 2.57 bits per heavy atom. The van der Waals surface area contributed by atoms with Crippen LogP contribution in [0.25, 0.3) is 0 Å². The summed E-state index contributed by atoms with van der Waals surface area (Å²) in [6, 6.07) is 1.49. The number of carbonyl (C=O) groups is 2. The Balaban J connectivity index is 2.77. The third kappa shape index (κ3) is 5.25. The molecule has 0 aromatic heterocycles. The minimum atomic E-state index is -0.623. The zero-order valence-electron chi connectivity index (χ0n) is 13.2. The SMILES string of the molecule is COC(=O)[C@H]1C[C@@H](CCC#N)CCN1C(=O)OC(C)(C)C. The largest absolute Gasteiger partial charge is 0.467 e. The van der Waals surface area contributed by atoms with Gasteiger partial charge in [-0.3, -0.25) is 4.90 Å². The van der Waals surface area contributed by atoms with Crippen LogP contribution in [-0.4, -0.2) is 42.3 Å². The first-order valence-electron chi connectivity index (χ1n) is 7.23. The van der Waals surface area contributed by atoms with Crippen molar-refractivity contribution in [2.75, 3.05) is 13.7 Å². The fourth-order valence-electron chi connectivity index (χ4n) is 2.47. The quantitative estimate of drug-likeness (QED) is 0.747. The van der Waals surface area contributed by atoms with Crippen LogP contribution in [0.5, 0.6) is 0 Å². The lowest BCUT2D eigenvalue weighted by molar-refractivity contribution is -0.148. The maximum absolute atomic E-state index is 12.2. The molecule has 1 fully saturated rings. The second-order valence-corrected chi connectivity index (χ2v) is 6.30. The summed E-state index contributed by atoms with van der Waals surface area (Å²) in [5.74, 6) is -0.171. The van der Waals surface area contributed by atoms with Gasteiger partial charge in [-0.2, -0.15) is 5.26 Å². The summed E-state index contributed by atoms with van der Waals surface area (Å²) in [6.07, 6.45) is 2.01. The van der Waals surface area contributed by atoms with E-state index in [2.05, 4.69) is 6.07 Å². The van der Waals surface area contributed by atoms with Gasteiger partial charge in [-0.15, -0.1) is 0 Å². The van der Waals surface area contributed by atoms with Crippen molar-refractivity contribution in [3.63, 3.8) is 0 Å². The molecule has 0 radical (unpaired) electrons. The highest BCUT2D eigenvalue weighted by atomic mass is 16.6. The van der Waals surface area contributed by atoms with Gasteiger partial charge in [-0.1, -0.05) is 0 Å². The molecule has 1 heterocycles. The van der Waals surface area contributed by atoms with Gasteiger partial charge in [0.05, 0.1) is 13.2 Å². The number of piperidine rings is 1. The summed E-state index contributed by atoms with van der Waals surface area (Å²) in [7, 11) is 1.31. The average molecular weight is 296 g/mol. The van der Waals surface area contributed by atoms with Gasteiger partial charge in [0.2, 0.25) is 0 Å². The van der Waals surface area contributed by atoms with Crippen LogP contribution >= 0.6 is 0 Å². The van der Waals surface area contributed by atoms with Crippen LogP contribution in [0.4, 0.5) is 4.79 Å². The molecule has 6 heteroatoms. The third-order valence-corrected chi connectivity index (χ3v) is 3.48. The molecule has 2 atom stereocenters. The minimum absolute atomic E-state index is 0.257. The van der Waals surface area contributed by atoms with Gasteiger partial charge in [0, 0.05) is 13.0 Å². The topological polar surface area (TPSA) is 79.6 Å². The predicted octanol–water partition coefficient (Wildman–Crippen LogP) is 2.48. The van der Waals surface area contributed by atoms with Crippen molar-refractivity contribution in [1.29, 1.82) is 5.26 Å². The van der Waals surface area contributed by atoms with E-state index in [1.165, 1.54) is 12.0 Å². The van der Waals surface area contributed by atoms with E-state index in [1.54, 1.807) is 20.8 Å². The number of amides is 1. The van der Waals surface area contributed by atoms with E-state index < -0.39 is 23.7 Å². The van der Waals surface area contributed by atoms with Gasteiger partial charge in [-0.25, -0.2) is 9.59 Å². The van der Waals surface area contributed by atoms with Crippen molar-refractivity contribution in [2.45, 2.75) is 58.1 Å². The maximum atomic E-state index is 12.2. The molecule has 1 aliphatic heterocycles. The van der Waals surface area contributed by atoms with Crippen LogP contribution in [0.3, 0.4) is 0 Å². The van der Waals surface area contributed by atoms with Crippen molar-refractivity contribution >= 4 is 12.1 Å². The van der Waals surface area contributed by atoms with Gasteiger partial charge in [0.1, 0.15) is 11.6 Å². The van der Waals surface area contributed by atoms with Crippen LogP contribution < -0.4 is 0 Å². The molecule has 0 unspecified atom stereocenters. The average Bonchev–Trinajstić information content (AvgIpc) is 2.42. The zero-order valence-corrected chi connectivity index (χ0v) is 13.2. The van der Waals surface area contributed by atoms with Crippen LogP contribution in [0.1, 0.15) is 46.5 Å². The van der Waals surface area contributed by atoms with Gasteiger partial charge < -0.3 is 9.47 Å². The molecule has 1 rings (SSSR count). The lowest BCUT2D eigenvalue weighted by Gasteiger charge is -2.38. The van der Waals surface area contributed by atoms with Crippen molar-refractivity contribution in [3.8, 4) is 6.07 Å². The van der Waals surface area contributed by atoms with Crippen LogP contribution in [0, 0.1) is 17.2 Å². The van der Waals surface area contributed by atoms with E-state index in [9.17, 15) is 9.59 Å². The molecule has 21 heavy (non-hydrogen) atoms. The van der Waals surface area contributed by atoms with Crippen LogP contribution in [0.2, 0.25) is 0 Å². The van der Waals surface area contributed by atoms with Gasteiger partial charge >= 0.3 is 12.1 Å². The smallest absolute Gasteiger partial charge is 0.411 e. The van der Waals surface area contributed by atoms with E-state index in [0.717, 1.165) is 12.8 Å². The standard InChI is InChI=1S/C15H24N2O4/c1-15(2,3)21-14(19)17-9-7-11(6-5-8-16)10-12(17)13(18)20-4/h11-12H,5-7,9-10H2,1-4H3/t11-,12+/m0/s1. The third-order valence-electron chi connectivity index (χ3n) is 3.48. The number of esters is 1. The summed E-state index contributed by atoms with van der Waals surface area (Å²) in [6.45, 7) is 5.82. The van der Waals surface area contributed by atoms with E-state index >= 15 is 0 Å². The lowest BCUT2D eigenvalue weighted by Crippen LogP contribution is -2.51. The zero-order chi connectivity index (χ0) is 16.0. The van der Waals surface area contributed by atoms with E-state index in [-0.39, 0.29) is 5.92 Å². The molecule has 0 aromatic rings. The number of carbonyl (C=O) groups excluding carboxylic acids is 2. The first kappa shape index (κ1) is 17.3. The maximum Gasteiger partial charge on any atom is 0.411 e. The molecule has 1 aliphatic rings. The Morgan fingerprint density at radius 2 is 2.05 bits per heavy atom. The molecule has 6 nitrogen and oxygen atoms in total. The summed E-state index contributed by atoms with van der Waals surface area (Å²) >= 11 is 0. The molecule has 0 spiro atoms. The van der Waals surface area contributed by atoms with Gasteiger partial charge in [-0.05, 0) is 46.0 Å². The second-order valence-electron chi connectivity index (χ2n) is 6.30. The van der Waals surface area contributed by atoms with Crippen molar-refractivity contribution in [3.05, 3.63) is 0 Å². The Hall–Kier alpha value is -1.77. The molecule has 1 amide bonds. The molecule has 0 saturated carbocycles. The molecule has 1 saturated heterocycles. The number of nitrogens with zero attached hydrogens (tertiary/aromatic N) is 2. The molecular weight excluding hydrogens is 272 g/mol. The Kier molecular flexibility index (Phi) is 6.01. The Bertz CT molecular complexity index is 422. The molecule has 0 N–H and O–H groups in total. The van der Waals surface area contributed by atoms with Crippen molar-refractivity contribution in [1.82, 2.24) is 4.90 Å². The normalized spacial score (nSPS) is 22.3. The number of ether oxygens (including phenoxy) is 2. The first-order chi connectivity index (χ1) is 9.78. The Morgan fingerprint density at radius 1 is 1.38 bits per heavy atom. The van der Waals surface area contributed by atoms with E-state index in [0.29, 0.717) is 19.4 Å². The number of hydrogen-bond donors (Lipinski definition) is 0. The van der Waals surface area contributed by atoms with Crippen LogP contribution in [-0.2, 0) is 14.3 Å². The summed E-state index contributed by atoms with van der Waals surface area (Å²) < 4.78 is 10.1. The van der Waals surface area contributed by atoms with Gasteiger partial charge in [0.15, 0.2) is 0 Å². The van der Waals surface area contributed by atoms with Crippen LogP contribution in [0.15, 0.2) is 0 Å². The number of likely N-dealkylation sites (tertiary alicyclic amines) is 1. The fourth-order valence-corrected chi connectivity index (χ4v) is 2.47. The second kappa shape index (κ2) is 7.30. The molecule has 0 aromatic carbocycles. The van der Waals surface area contributed by atoms with E-state index in [1.807, 2.05) is 0 Å². The highest BCUT2D eigenvalue weighted by molar-refractivity contribution is 5.81. The number of rotatable bonds is 3. The fraction of sp³-hybridized carbons (Fsp3) is 0.800. The number of nitriles is 1. The molecule has 118 valence electrons. The van der Waals surface area contributed by atoms with Gasteiger partial charge in [0.25, 0.3) is 0 Å². The van der Waals surface area contributed by atoms with E-state index in [4.69, 9.17) is 14.7 Å². The monoisotopic (exact) mass is 296 g/mol. The first-order valence-corrected chi connectivity index (χ1v) is 7.23. The van der Waals surface area contributed by atoms with Crippen molar-refractivity contribution in [2.24, 2.45) is 5.92 Å². The summed E-state index contributed by atoms with van der Waals surface area (Å²) in [5.41, 5.74) is -0.602. The molecule has 0 bridgehead atoms. The Labute approximate surface area is 126 Å². The molecule has 0 aliphatic carbocycles. The molecular formula is C15H24N2O4. The number of methoxy groups -OCH3 is 1. The highest BCUT2D eigenvalue weighted by Gasteiger charge is 2.38. The number of hydrogen-bond acceptors (Lipinski definition) is 5. The predicted molar refractivity (Wildman–Crippen MR) is 76.3 cm³/mol.